The second kappa shape index (κ2) is 25.3. The fraction of sp³-hybridized carbons (Fsp3) is 0.647. The van der Waals surface area contributed by atoms with Crippen LogP contribution >= 0.6 is 0 Å². The lowest BCUT2D eigenvalue weighted by molar-refractivity contribution is -0.146. The van der Waals surface area contributed by atoms with Crippen LogP contribution in [-0.2, 0) is 65.3 Å². The maximum atomic E-state index is 14.0. The molecule has 0 aliphatic carbocycles. The number of guanidine groups is 1. The molecule has 1 rings (SSSR count). The van der Waals surface area contributed by atoms with Crippen molar-refractivity contribution in [3.63, 3.8) is 0 Å². The summed E-state index contributed by atoms with van der Waals surface area (Å²) in [4.78, 5) is 113. The minimum Gasteiger partial charge on any atom is -0.481 e. The largest absolute Gasteiger partial charge is 0.481 e. The predicted molar refractivity (Wildman–Crippen MR) is 207 cm³/mol. The van der Waals surface area contributed by atoms with Crippen molar-refractivity contribution in [1.82, 2.24) is 46.9 Å². The number of carboxylic acid groups (broad SMARTS) is 2. The summed E-state index contributed by atoms with van der Waals surface area (Å²) in [6.45, 7) is 1.90. The van der Waals surface area contributed by atoms with Crippen LogP contribution in [0, 0.1) is 0 Å². The van der Waals surface area contributed by atoms with Crippen LogP contribution in [0.2, 0.25) is 0 Å². The lowest BCUT2D eigenvalue weighted by Gasteiger charge is -2.28. The van der Waals surface area contributed by atoms with Crippen LogP contribution in [0.5, 0.6) is 0 Å². The van der Waals surface area contributed by atoms with Crippen LogP contribution in [0.15, 0.2) is 4.99 Å². The van der Waals surface area contributed by atoms with E-state index >= 15 is 0 Å². The Labute approximate surface area is 357 Å². The molecule has 1 heterocycles. The first-order chi connectivity index (χ1) is 29.2. The van der Waals surface area contributed by atoms with Crippen LogP contribution < -0.4 is 43.4 Å². The molecule has 63 heavy (non-hydrogen) atoms. The third kappa shape index (κ3) is 22.1. The summed E-state index contributed by atoms with van der Waals surface area (Å²) in [5.74, 6) is -11.1. The molecule has 6 amide bonds. The van der Waals surface area contributed by atoms with E-state index in [4.69, 9.17) is 35.9 Å². The van der Waals surface area contributed by atoms with Gasteiger partial charge in [-0.1, -0.05) is 5.21 Å². The monoisotopic (exact) mass is 910 g/mol. The highest BCUT2D eigenvalue weighted by molar-refractivity contribution is 5.95. The van der Waals surface area contributed by atoms with Crippen LogP contribution in [-0.4, -0.2) is 161 Å². The Balaban J connectivity index is 2.83. The molecule has 0 saturated heterocycles. The number of ether oxygens (including phenoxy) is 3. The van der Waals surface area contributed by atoms with E-state index in [1.165, 1.54) is 7.11 Å². The van der Waals surface area contributed by atoms with Crippen LogP contribution in [0.1, 0.15) is 69.6 Å². The Morgan fingerprint density at radius 2 is 1.33 bits per heavy atom. The number of aliphatic carboxylic acids is 2. The number of alkyl halides is 3. The molecule has 0 unspecified atom stereocenters. The van der Waals surface area contributed by atoms with Crippen molar-refractivity contribution in [2.45, 2.75) is 89.4 Å². The quantitative estimate of drug-likeness (QED) is 0.0166. The molecule has 0 aromatic carbocycles. The summed E-state index contributed by atoms with van der Waals surface area (Å²) in [5.41, 5.74) is 6.00. The number of hydrogen-bond donors (Lipinski definition) is 10. The average Bonchev–Trinajstić information content (AvgIpc) is 3.61. The van der Waals surface area contributed by atoms with Gasteiger partial charge in [-0.15, -0.1) is 5.10 Å². The number of aromatic nitrogens is 3. The first-order valence-corrected chi connectivity index (χ1v) is 18.7. The maximum Gasteiger partial charge on any atom is 0.435 e. The molecular formula is C34H53F3N12O14. The molecule has 0 spiro atoms. The van der Waals surface area contributed by atoms with E-state index in [2.05, 4.69) is 31.3 Å². The fourth-order valence-electron chi connectivity index (χ4n) is 4.70. The molecule has 0 aliphatic heterocycles. The van der Waals surface area contributed by atoms with Crippen LogP contribution in [0.25, 0.3) is 0 Å². The Kier molecular flexibility index (Phi) is 21.9. The van der Waals surface area contributed by atoms with Crippen molar-refractivity contribution in [2.24, 2.45) is 16.5 Å². The van der Waals surface area contributed by atoms with E-state index in [-0.39, 0.29) is 36.6 Å². The van der Waals surface area contributed by atoms with E-state index in [1.54, 1.807) is 13.8 Å². The number of aliphatic imine (C=N–C) groups is 1. The molecule has 1 aromatic heterocycles. The van der Waals surface area contributed by atoms with Crippen molar-refractivity contribution < 1.29 is 80.7 Å². The van der Waals surface area contributed by atoms with Crippen molar-refractivity contribution >= 4 is 59.3 Å². The summed E-state index contributed by atoms with van der Waals surface area (Å²) in [6.07, 6.45) is -5.76. The minimum absolute atomic E-state index is 0.00565. The molecule has 26 nitrogen and oxygen atoms in total. The number of halogens is 3. The Hall–Kier alpha value is -6.65. The zero-order chi connectivity index (χ0) is 48.1. The van der Waals surface area contributed by atoms with Gasteiger partial charge in [-0.25, -0.2) is 9.48 Å². The molecular weight excluding hydrogens is 857 g/mol. The van der Waals surface area contributed by atoms with Gasteiger partial charge in [0.2, 0.25) is 41.1 Å². The molecule has 12 N–H and O–H groups in total. The zero-order valence-corrected chi connectivity index (χ0v) is 35.0. The molecule has 0 saturated carbocycles. The maximum absolute atomic E-state index is 14.0. The van der Waals surface area contributed by atoms with Gasteiger partial charge in [-0.05, 0) is 47.0 Å². The number of carboxylic acids is 2. The average molecular weight is 911 g/mol. The zero-order valence-electron chi connectivity index (χ0n) is 35.0. The lowest BCUT2D eigenvalue weighted by atomic mass is 10.1. The normalized spacial score (nSPS) is 12.4. The first-order valence-electron chi connectivity index (χ1n) is 18.7. The number of nitrogens with two attached hydrogens (primary N) is 2. The highest BCUT2D eigenvalue weighted by Gasteiger charge is 2.43. The standard InChI is InChI=1S/C34H53F3N12O14/c1-32(2,61-5)8-10-63-33(3,4)17-62-30(60)26-27(34(35,36)37)49(48-47-26)16-23(53)42-12-20(50)41-13-21(51)45-18(7-6-9-40-31(38)39)28(58)43-14-22(52)46-19(11-24(54)55)29(59)44-15-25(56)57/h18-19H,6-17H2,1-5H3,(H,41,50)(H,42,53)(H,43,58)(H,44,59)(H,45,51)(H,46,52)(H,54,55)(H,56,57)(H4,38,39,40)/t18-,19-/m0/s1. The van der Waals surface area contributed by atoms with Crippen molar-refractivity contribution in [3.8, 4) is 0 Å². The molecule has 1 aromatic rings. The minimum atomic E-state index is -5.24. The number of methoxy groups -OCH3 is 1. The summed E-state index contributed by atoms with van der Waals surface area (Å²) in [5, 5.41) is 36.8. The van der Waals surface area contributed by atoms with E-state index in [0.29, 0.717) is 6.42 Å². The molecule has 0 radical (unpaired) electrons. The SMILES string of the molecule is COC(C)(C)CCOC(C)(C)COC(=O)c1nnn(CC(=O)NCC(=O)NCC(=O)N[C@@H](CCCN=C(N)N)C(=O)NCC(=O)N[C@@H](CC(=O)O)C(=O)NCC(=O)O)c1C(F)(F)F. The Morgan fingerprint density at radius 3 is 1.90 bits per heavy atom. The summed E-state index contributed by atoms with van der Waals surface area (Å²) >= 11 is 0. The van der Waals surface area contributed by atoms with Gasteiger partial charge in [0.15, 0.2) is 11.7 Å². The van der Waals surface area contributed by atoms with Gasteiger partial charge < -0.3 is 67.8 Å². The third-order valence-electron chi connectivity index (χ3n) is 8.15. The summed E-state index contributed by atoms with van der Waals surface area (Å²) < 4.78 is 58.2. The van der Waals surface area contributed by atoms with E-state index < -0.39 is 140 Å². The third-order valence-corrected chi connectivity index (χ3v) is 8.15. The van der Waals surface area contributed by atoms with E-state index in [1.807, 2.05) is 29.8 Å². The molecule has 0 aliphatic rings. The van der Waals surface area contributed by atoms with E-state index in [0.717, 1.165) is 0 Å². The van der Waals surface area contributed by atoms with Gasteiger partial charge in [0.25, 0.3) is 0 Å². The highest BCUT2D eigenvalue weighted by atomic mass is 19.4. The molecule has 0 bridgehead atoms. The smallest absolute Gasteiger partial charge is 0.435 e. The van der Waals surface area contributed by atoms with Crippen molar-refractivity contribution in [3.05, 3.63) is 11.4 Å². The number of carbonyl (C=O) groups excluding carboxylic acids is 7. The summed E-state index contributed by atoms with van der Waals surface area (Å²) in [7, 11) is 1.51. The second-order valence-corrected chi connectivity index (χ2v) is 14.5. The number of hydrogen-bond acceptors (Lipinski definition) is 15. The van der Waals surface area contributed by atoms with Crippen molar-refractivity contribution in [1.29, 1.82) is 0 Å². The summed E-state index contributed by atoms with van der Waals surface area (Å²) in [6, 6.07) is -3.11. The van der Waals surface area contributed by atoms with Crippen LogP contribution in [0.3, 0.4) is 0 Å². The lowest BCUT2D eigenvalue weighted by Crippen LogP contribution is -2.53. The number of esters is 1. The van der Waals surface area contributed by atoms with Gasteiger partial charge in [0.1, 0.15) is 31.8 Å². The van der Waals surface area contributed by atoms with Gasteiger partial charge in [0, 0.05) is 13.7 Å². The molecule has 29 heteroatoms. The van der Waals surface area contributed by atoms with Crippen LogP contribution in [0.4, 0.5) is 13.2 Å². The van der Waals surface area contributed by atoms with Crippen molar-refractivity contribution in [2.75, 3.05) is 53.0 Å². The number of rotatable bonds is 28. The van der Waals surface area contributed by atoms with Gasteiger partial charge in [-0.3, -0.25) is 43.3 Å². The molecule has 354 valence electrons. The number of carbonyl (C=O) groups is 9. The number of nitrogens with zero attached hydrogens (tertiary/aromatic N) is 4. The second-order valence-electron chi connectivity index (χ2n) is 14.5. The van der Waals surface area contributed by atoms with Gasteiger partial charge in [0.05, 0.1) is 43.9 Å². The van der Waals surface area contributed by atoms with Gasteiger partial charge >= 0.3 is 24.1 Å². The highest BCUT2D eigenvalue weighted by Crippen LogP contribution is 2.31. The number of amides is 6. The molecule has 2 atom stereocenters. The topological polar surface area (TPSA) is 389 Å². The predicted octanol–water partition coefficient (Wildman–Crippen LogP) is -3.89. The number of nitrogens with one attached hydrogen (secondary N) is 6. The van der Waals surface area contributed by atoms with Gasteiger partial charge in [-0.2, -0.15) is 13.2 Å². The Bertz CT molecular complexity index is 1830. The molecule has 0 fully saturated rings. The first kappa shape index (κ1) is 54.4. The Morgan fingerprint density at radius 1 is 0.778 bits per heavy atom. The van der Waals surface area contributed by atoms with E-state index in [9.17, 15) is 56.3 Å². The fourth-order valence-corrected chi connectivity index (χ4v) is 4.70.